The summed E-state index contributed by atoms with van der Waals surface area (Å²) >= 11 is 0. The number of carboxylic acid groups (broad SMARTS) is 1. The normalized spacial score (nSPS) is 12.8. The van der Waals surface area contributed by atoms with E-state index in [1.165, 1.54) is 0 Å². The highest BCUT2D eigenvalue weighted by Gasteiger charge is 1.99. The van der Waals surface area contributed by atoms with Crippen molar-refractivity contribution in [3.8, 4) is 0 Å². The molecule has 0 unspecified atom stereocenters. The van der Waals surface area contributed by atoms with E-state index >= 15 is 0 Å². The molecule has 0 amide bonds. The molecule has 0 rings (SSSR count). The summed E-state index contributed by atoms with van der Waals surface area (Å²) in [7, 11) is 0. The van der Waals surface area contributed by atoms with E-state index in [0.717, 1.165) is 12.3 Å². The molecule has 0 aliphatic carbocycles. The number of carbonyl (C=O) groups is 1. The van der Waals surface area contributed by atoms with Crippen LogP contribution in [-0.4, -0.2) is 22.5 Å². The van der Waals surface area contributed by atoms with Crippen LogP contribution in [0, 0.1) is 11.1 Å². The molecular weight excluding hydrogens is 160 g/mol. The first-order valence-corrected chi connectivity index (χ1v) is 3.57. The monoisotopic (exact) mass is 172 g/mol. The van der Waals surface area contributed by atoms with Gasteiger partial charge in [-0.15, -0.1) is 0 Å². The average Bonchev–Trinajstić information content (AvgIpc) is 1.84. The van der Waals surface area contributed by atoms with Crippen molar-refractivity contribution in [1.29, 1.82) is 0 Å². The first-order valence-electron chi connectivity index (χ1n) is 3.57. The Morgan fingerprint density at radius 2 is 2.33 bits per heavy atom. The SMILES string of the molecule is CC(C)C[N+]([O-])=N/C=C/C(=O)O. The highest BCUT2D eigenvalue weighted by atomic mass is 16.5. The molecule has 12 heavy (non-hydrogen) atoms. The van der Waals surface area contributed by atoms with Gasteiger partial charge < -0.3 is 10.3 Å². The van der Waals surface area contributed by atoms with Crippen molar-refractivity contribution in [2.75, 3.05) is 6.54 Å². The maximum Gasteiger partial charge on any atom is 0.330 e. The number of carboxylic acids is 1. The number of nitrogens with zero attached hydrogens (tertiary/aromatic N) is 2. The van der Waals surface area contributed by atoms with Crippen molar-refractivity contribution in [2.45, 2.75) is 13.8 Å². The van der Waals surface area contributed by atoms with Crippen LogP contribution in [0.3, 0.4) is 0 Å². The van der Waals surface area contributed by atoms with Crippen LogP contribution in [0.1, 0.15) is 13.8 Å². The molecule has 0 atom stereocenters. The molecular formula is C7H12N2O3. The zero-order valence-electron chi connectivity index (χ0n) is 7.10. The Morgan fingerprint density at radius 1 is 1.75 bits per heavy atom. The second-order valence-electron chi connectivity index (χ2n) is 2.70. The standard InChI is InChI=1S/C7H12N2O3/c1-6(2)5-9(12)8-4-3-7(10)11/h3-4,6H,5H2,1-2H3,(H,10,11)/b4-3+,9-8?. The Hall–Kier alpha value is -1.39. The van der Waals surface area contributed by atoms with Gasteiger partial charge in [0.1, 0.15) is 6.20 Å². The number of hydrogen-bond donors (Lipinski definition) is 1. The van der Waals surface area contributed by atoms with Crippen LogP contribution < -0.4 is 0 Å². The van der Waals surface area contributed by atoms with Gasteiger partial charge in [0, 0.05) is 12.0 Å². The highest BCUT2D eigenvalue weighted by molar-refractivity contribution is 5.79. The number of azo groups is 1. The van der Waals surface area contributed by atoms with Crippen LogP contribution in [0.15, 0.2) is 17.4 Å². The summed E-state index contributed by atoms with van der Waals surface area (Å²) in [6.45, 7) is 4.02. The van der Waals surface area contributed by atoms with Crippen molar-refractivity contribution < 1.29 is 14.8 Å². The maximum absolute atomic E-state index is 10.7. The predicted molar refractivity (Wildman–Crippen MR) is 42.5 cm³/mol. The third-order valence-electron chi connectivity index (χ3n) is 0.934. The van der Waals surface area contributed by atoms with Gasteiger partial charge in [-0.3, -0.25) is 0 Å². The Balaban J connectivity index is 3.92. The second kappa shape index (κ2) is 5.29. The number of hydroxylamine groups is 1. The molecule has 0 radical (unpaired) electrons. The number of rotatable bonds is 4. The lowest BCUT2D eigenvalue weighted by Gasteiger charge is -2.00. The topological polar surface area (TPSA) is 75.7 Å². The Labute approximate surface area is 70.6 Å². The van der Waals surface area contributed by atoms with Crippen LogP contribution >= 0.6 is 0 Å². The minimum absolute atomic E-state index is 0.212. The third kappa shape index (κ3) is 6.73. The van der Waals surface area contributed by atoms with Gasteiger partial charge in [-0.25, -0.2) is 4.79 Å². The van der Waals surface area contributed by atoms with Gasteiger partial charge in [0.2, 0.25) is 0 Å². The molecule has 5 heteroatoms. The first-order chi connectivity index (χ1) is 5.52. The smallest absolute Gasteiger partial charge is 0.330 e. The molecule has 0 aliphatic rings. The summed E-state index contributed by atoms with van der Waals surface area (Å²) in [5.74, 6) is -0.902. The lowest BCUT2D eigenvalue weighted by atomic mass is 10.2. The molecule has 0 aliphatic heterocycles. The summed E-state index contributed by atoms with van der Waals surface area (Å²) in [4.78, 5) is 10.4. The number of hydrogen-bond acceptors (Lipinski definition) is 3. The first kappa shape index (κ1) is 10.6. The molecule has 68 valence electrons. The van der Waals surface area contributed by atoms with Crippen molar-refractivity contribution in [2.24, 2.45) is 11.0 Å². The largest absolute Gasteiger partial charge is 0.600 e. The molecule has 1 N–H and O–H groups in total. The van der Waals surface area contributed by atoms with Gasteiger partial charge in [-0.05, 0) is 5.11 Å². The lowest BCUT2D eigenvalue weighted by Crippen LogP contribution is -2.08. The van der Waals surface area contributed by atoms with Crippen LogP contribution in [0.5, 0.6) is 0 Å². The Morgan fingerprint density at radius 3 is 2.75 bits per heavy atom. The molecule has 0 bridgehead atoms. The summed E-state index contributed by atoms with van der Waals surface area (Å²) in [5.41, 5.74) is 0. The Kier molecular flexibility index (Phi) is 4.67. The molecule has 0 aromatic heterocycles. The van der Waals surface area contributed by atoms with Crippen LogP contribution in [0.25, 0.3) is 0 Å². The molecule has 5 nitrogen and oxygen atoms in total. The highest BCUT2D eigenvalue weighted by Crippen LogP contribution is 1.92. The van der Waals surface area contributed by atoms with Gasteiger partial charge in [-0.1, -0.05) is 18.7 Å². The zero-order chi connectivity index (χ0) is 9.56. The van der Waals surface area contributed by atoms with Crippen LogP contribution in [-0.2, 0) is 4.79 Å². The van der Waals surface area contributed by atoms with E-state index in [9.17, 15) is 10.0 Å². The second-order valence-corrected chi connectivity index (χ2v) is 2.70. The van der Waals surface area contributed by atoms with E-state index in [1.54, 1.807) is 0 Å². The van der Waals surface area contributed by atoms with E-state index in [0.29, 0.717) is 4.86 Å². The molecule has 0 saturated carbocycles. The van der Waals surface area contributed by atoms with E-state index < -0.39 is 5.97 Å². The average molecular weight is 172 g/mol. The van der Waals surface area contributed by atoms with E-state index in [1.807, 2.05) is 13.8 Å². The molecule has 0 heterocycles. The molecule has 0 saturated heterocycles. The van der Waals surface area contributed by atoms with Crippen molar-refractivity contribution in [3.63, 3.8) is 0 Å². The number of aliphatic carboxylic acids is 1. The molecule has 0 fully saturated rings. The summed E-state index contributed by atoms with van der Waals surface area (Å²) in [6, 6.07) is 0. The van der Waals surface area contributed by atoms with Crippen molar-refractivity contribution in [1.82, 2.24) is 0 Å². The molecule has 0 spiro atoms. The van der Waals surface area contributed by atoms with Gasteiger partial charge in [0.15, 0.2) is 6.54 Å². The van der Waals surface area contributed by atoms with Gasteiger partial charge in [0.25, 0.3) is 0 Å². The summed E-state index contributed by atoms with van der Waals surface area (Å²) in [6.07, 6.45) is 1.78. The summed E-state index contributed by atoms with van der Waals surface area (Å²) in [5, 5.41) is 22.2. The lowest BCUT2D eigenvalue weighted by molar-refractivity contribution is -0.531. The van der Waals surface area contributed by atoms with E-state index in [-0.39, 0.29) is 12.5 Å². The van der Waals surface area contributed by atoms with Crippen molar-refractivity contribution in [3.05, 3.63) is 17.5 Å². The van der Waals surface area contributed by atoms with Crippen LogP contribution in [0.4, 0.5) is 0 Å². The minimum atomic E-state index is -1.11. The maximum atomic E-state index is 10.7. The molecule has 0 aromatic rings. The third-order valence-corrected chi connectivity index (χ3v) is 0.934. The van der Waals surface area contributed by atoms with Gasteiger partial charge >= 0.3 is 5.97 Å². The van der Waals surface area contributed by atoms with E-state index in [4.69, 9.17) is 5.11 Å². The van der Waals surface area contributed by atoms with Gasteiger partial charge in [0.05, 0.1) is 0 Å². The quantitative estimate of drug-likeness (QED) is 0.299. The van der Waals surface area contributed by atoms with Gasteiger partial charge in [-0.2, -0.15) is 0 Å². The molecule has 0 aromatic carbocycles. The van der Waals surface area contributed by atoms with E-state index in [2.05, 4.69) is 5.11 Å². The predicted octanol–water partition coefficient (Wildman–Crippen LogP) is 1.20. The summed E-state index contributed by atoms with van der Waals surface area (Å²) < 4.78 is 0. The fourth-order valence-corrected chi connectivity index (χ4v) is 0.531. The fraction of sp³-hybridized carbons (Fsp3) is 0.571. The zero-order valence-corrected chi connectivity index (χ0v) is 7.10. The van der Waals surface area contributed by atoms with Crippen molar-refractivity contribution >= 4 is 5.97 Å². The van der Waals surface area contributed by atoms with Crippen LogP contribution in [0.2, 0.25) is 0 Å². The fourth-order valence-electron chi connectivity index (χ4n) is 0.531. The minimum Gasteiger partial charge on any atom is -0.600 e. The Bertz CT molecular complexity index is 209.